The average molecular weight is 494 g/mol. The third kappa shape index (κ3) is 5.10. The molecule has 2 aliphatic heterocycles. The zero-order chi connectivity index (χ0) is 25.2. The first kappa shape index (κ1) is 25.3. The molecule has 1 fully saturated rings. The minimum absolute atomic E-state index is 0.0347. The number of nitrogens with one attached hydrogen (secondary N) is 2. The van der Waals surface area contributed by atoms with Crippen molar-refractivity contribution in [1.82, 2.24) is 15.5 Å². The van der Waals surface area contributed by atoms with Crippen LogP contribution in [-0.2, 0) is 16.0 Å². The third-order valence-corrected chi connectivity index (χ3v) is 8.66. The van der Waals surface area contributed by atoms with Crippen molar-refractivity contribution in [1.29, 1.82) is 0 Å². The summed E-state index contributed by atoms with van der Waals surface area (Å²) in [6.45, 7) is 8.53. The molecule has 0 saturated carbocycles. The van der Waals surface area contributed by atoms with Gasteiger partial charge in [-0.2, -0.15) is 0 Å². The van der Waals surface area contributed by atoms with Gasteiger partial charge in [0, 0.05) is 16.9 Å². The van der Waals surface area contributed by atoms with Gasteiger partial charge in [-0.3, -0.25) is 14.4 Å². The second-order valence-corrected chi connectivity index (χ2v) is 11.8. The van der Waals surface area contributed by atoms with Crippen molar-refractivity contribution in [2.24, 2.45) is 5.92 Å². The molecule has 0 radical (unpaired) electrons. The van der Waals surface area contributed by atoms with Crippen LogP contribution < -0.4 is 10.6 Å². The third-order valence-electron chi connectivity index (χ3n) is 7.12. The van der Waals surface area contributed by atoms with Crippen molar-refractivity contribution in [3.8, 4) is 0 Å². The van der Waals surface area contributed by atoms with E-state index in [1.165, 1.54) is 5.56 Å². The molecule has 0 bridgehead atoms. The number of thioether (sulfide) groups is 1. The van der Waals surface area contributed by atoms with Gasteiger partial charge in [-0.25, -0.2) is 0 Å². The lowest BCUT2D eigenvalue weighted by atomic mass is 9.95. The fourth-order valence-corrected chi connectivity index (χ4v) is 6.59. The van der Waals surface area contributed by atoms with Crippen LogP contribution in [0.1, 0.15) is 67.4 Å². The van der Waals surface area contributed by atoms with Gasteiger partial charge >= 0.3 is 0 Å². The number of hydrogen-bond donors (Lipinski definition) is 2. The molecule has 7 heteroatoms. The highest BCUT2D eigenvalue weighted by atomic mass is 32.2. The Kier molecular flexibility index (Phi) is 7.55. The average Bonchev–Trinajstić information content (AvgIpc) is 3.29. The molecule has 2 heterocycles. The summed E-state index contributed by atoms with van der Waals surface area (Å²) < 4.78 is -0.482. The Labute approximate surface area is 212 Å². The van der Waals surface area contributed by atoms with E-state index in [0.717, 1.165) is 24.8 Å². The van der Waals surface area contributed by atoms with Gasteiger partial charge in [0.15, 0.2) is 0 Å². The maximum Gasteiger partial charge on any atom is 0.256 e. The van der Waals surface area contributed by atoms with E-state index < -0.39 is 16.8 Å². The van der Waals surface area contributed by atoms with Gasteiger partial charge in [0.25, 0.3) is 5.91 Å². The first-order chi connectivity index (χ1) is 16.7. The first-order valence-corrected chi connectivity index (χ1v) is 13.3. The molecule has 2 N–H and O–H groups in total. The highest BCUT2D eigenvalue weighted by Crippen LogP contribution is 2.56. The van der Waals surface area contributed by atoms with Gasteiger partial charge in [0.2, 0.25) is 11.8 Å². The Morgan fingerprint density at radius 2 is 1.77 bits per heavy atom. The number of nitrogens with zero attached hydrogens (tertiary/aromatic N) is 1. The molecule has 4 rings (SSSR count). The van der Waals surface area contributed by atoms with E-state index in [4.69, 9.17) is 0 Å². The lowest BCUT2D eigenvalue weighted by Gasteiger charge is -2.32. The second-order valence-electron chi connectivity index (χ2n) is 10.0. The molecule has 0 spiro atoms. The molecule has 2 aromatic rings. The Bertz CT molecular complexity index is 1090. The number of rotatable bonds is 9. The number of fused-ring (bicyclic) bond motifs is 3. The Balaban J connectivity index is 1.43. The Morgan fingerprint density at radius 3 is 2.49 bits per heavy atom. The smallest absolute Gasteiger partial charge is 0.256 e. The van der Waals surface area contributed by atoms with Gasteiger partial charge in [0.05, 0.1) is 0 Å². The molecule has 2 aliphatic rings. The van der Waals surface area contributed by atoms with Crippen LogP contribution in [0.15, 0.2) is 54.6 Å². The molecule has 2 aromatic carbocycles. The number of carbonyl (C=O) groups excluding carboxylic acids is 3. The Morgan fingerprint density at radius 1 is 1.09 bits per heavy atom. The molecule has 3 amide bonds. The molecule has 35 heavy (non-hydrogen) atoms. The lowest BCUT2D eigenvalue weighted by Crippen LogP contribution is -2.58. The molecule has 0 aliphatic carbocycles. The van der Waals surface area contributed by atoms with Crippen LogP contribution in [0.5, 0.6) is 0 Å². The SMILES string of the molecule is CC[C@H](C)[C@H](NC(=O)[C@H]1N2C(=O)c3ccccc3[C@H]2SC1(C)C)C(=O)NCCCc1ccccc1. The summed E-state index contributed by atoms with van der Waals surface area (Å²) in [7, 11) is 0. The zero-order valence-electron chi connectivity index (χ0n) is 20.9. The van der Waals surface area contributed by atoms with Gasteiger partial charge in [-0.15, -0.1) is 11.8 Å². The summed E-state index contributed by atoms with van der Waals surface area (Å²) in [6.07, 6.45) is 2.46. The first-order valence-electron chi connectivity index (χ1n) is 12.5. The fraction of sp³-hybridized carbons (Fsp3) is 0.464. The topological polar surface area (TPSA) is 78.5 Å². The van der Waals surface area contributed by atoms with Crippen molar-refractivity contribution in [3.63, 3.8) is 0 Å². The van der Waals surface area contributed by atoms with Crippen molar-refractivity contribution < 1.29 is 14.4 Å². The zero-order valence-corrected chi connectivity index (χ0v) is 21.7. The van der Waals surface area contributed by atoms with Gasteiger partial charge in [0.1, 0.15) is 17.5 Å². The number of benzene rings is 2. The summed E-state index contributed by atoms with van der Waals surface area (Å²) in [5.41, 5.74) is 2.86. The lowest BCUT2D eigenvalue weighted by molar-refractivity contribution is -0.133. The predicted octanol–water partition coefficient (Wildman–Crippen LogP) is 4.31. The largest absolute Gasteiger partial charge is 0.354 e. The molecule has 0 aromatic heterocycles. The van der Waals surface area contributed by atoms with Gasteiger partial charge < -0.3 is 15.5 Å². The number of carbonyl (C=O) groups is 3. The molecule has 186 valence electrons. The van der Waals surface area contributed by atoms with Crippen LogP contribution >= 0.6 is 11.8 Å². The number of hydrogen-bond acceptors (Lipinski definition) is 4. The molecule has 6 nitrogen and oxygen atoms in total. The maximum absolute atomic E-state index is 13.7. The Hall–Kier alpha value is -2.80. The summed E-state index contributed by atoms with van der Waals surface area (Å²) >= 11 is 1.63. The van der Waals surface area contributed by atoms with E-state index in [0.29, 0.717) is 12.1 Å². The molecule has 4 atom stereocenters. The minimum atomic E-state index is -0.658. The van der Waals surface area contributed by atoms with Crippen molar-refractivity contribution >= 4 is 29.5 Å². The standard InChI is InChI=1S/C28H35N3O3S/c1-5-18(2)22(24(32)29-17-11-14-19-12-7-6-8-13-19)30-25(33)23-28(3,4)35-27-21-16-10-9-15-20(21)26(34)31(23)27/h6-10,12-13,15-16,18,22-23,27H,5,11,14,17H2,1-4H3,(H,29,32)(H,30,33)/t18-,22-,23+,27+/m0/s1. The van der Waals surface area contributed by atoms with E-state index in [9.17, 15) is 14.4 Å². The van der Waals surface area contributed by atoms with E-state index >= 15 is 0 Å². The number of amides is 3. The summed E-state index contributed by atoms with van der Waals surface area (Å²) in [4.78, 5) is 41.7. The van der Waals surface area contributed by atoms with Crippen LogP contribution in [0.2, 0.25) is 0 Å². The van der Waals surface area contributed by atoms with Crippen LogP contribution in [0.25, 0.3) is 0 Å². The normalized spacial score (nSPS) is 21.7. The molecule has 0 unspecified atom stereocenters. The number of aryl methyl sites for hydroxylation is 1. The maximum atomic E-state index is 13.7. The van der Waals surface area contributed by atoms with Crippen molar-refractivity contribution in [3.05, 3.63) is 71.3 Å². The van der Waals surface area contributed by atoms with Crippen molar-refractivity contribution in [2.75, 3.05) is 6.54 Å². The van der Waals surface area contributed by atoms with E-state index in [1.807, 2.05) is 70.2 Å². The highest BCUT2D eigenvalue weighted by Gasteiger charge is 2.57. The van der Waals surface area contributed by atoms with E-state index in [-0.39, 0.29) is 29.0 Å². The molecule has 1 saturated heterocycles. The van der Waals surface area contributed by atoms with Crippen molar-refractivity contribution in [2.45, 2.75) is 69.2 Å². The summed E-state index contributed by atoms with van der Waals surface area (Å²) in [6, 6.07) is 16.4. The quantitative estimate of drug-likeness (QED) is 0.510. The second kappa shape index (κ2) is 10.4. The van der Waals surface area contributed by atoms with Gasteiger partial charge in [-0.05, 0) is 49.8 Å². The monoisotopic (exact) mass is 493 g/mol. The molecular formula is C28H35N3O3S. The summed E-state index contributed by atoms with van der Waals surface area (Å²) in [5, 5.41) is 5.86. The summed E-state index contributed by atoms with van der Waals surface area (Å²) in [5.74, 6) is -0.588. The highest BCUT2D eigenvalue weighted by molar-refractivity contribution is 8.01. The predicted molar refractivity (Wildman–Crippen MR) is 140 cm³/mol. The van der Waals surface area contributed by atoms with Crippen LogP contribution in [0.4, 0.5) is 0 Å². The van der Waals surface area contributed by atoms with Crippen LogP contribution in [0.3, 0.4) is 0 Å². The van der Waals surface area contributed by atoms with Crippen LogP contribution in [-0.4, -0.2) is 46.0 Å². The minimum Gasteiger partial charge on any atom is -0.354 e. The van der Waals surface area contributed by atoms with E-state index in [1.54, 1.807) is 16.7 Å². The van der Waals surface area contributed by atoms with Gasteiger partial charge in [-0.1, -0.05) is 68.8 Å². The molecular weight excluding hydrogens is 458 g/mol. The fourth-order valence-electron chi connectivity index (χ4n) is 5.00. The van der Waals surface area contributed by atoms with Crippen LogP contribution in [0, 0.1) is 5.92 Å². The van der Waals surface area contributed by atoms with E-state index in [2.05, 4.69) is 22.8 Å².